The molecule has 2 aromatic rings. The second kappa shape index (κ2) is 5.76. The molecule has 0 atom stereocenters. The number of aryl methyl sites for hydroxylation is 1. The smallest absolute Gasteiger partial charge is 0.267 e. The van der Waals surface area contributed by atoms with E-state index in [9.17, 15) is 9.59 Å². The summed E-state index contributed by atoms with van der Waals surface area (Å²) in [5.41, 5.74) is 7.56. The van der Waals surface area contributed by atoms with Crippen molar-refractivity contribution in [1.82, 2.24) is 10.3 Å². The van der Waals surface area contributed by atoms with Crippen LogP contribution in [0.3, 0.4) is 0 Å². The number of hydrogen-bond acceptors (Lipinski definition) is 5. The number of nitrogen functional groups attached to an aromatic ring is 1. The van der Waals surface area contributed by atoms with Crippen LogP contribution in [0.25, 0.3) is 0 Å². The van der Waals surface area contributed by atoms with Crippen molar-refractivity contribution in [3.8, 4) is 0 Å². The number of nitrogens with one attached hydrogen (secondary N) is 2. The van der Waals surface area contributed by atoms with Crippen molar-refractivity contribution in [1.29, 1.82) is 0 Å². The van der Waals surface area contributed by atoms with Gasteiger partial charge in [0, 0.05) is 17.3 Å². The molecule has 6 nitrogen and oxygen atoms in total. The Hall–Kier alpha value is -2.41. The Labute approximate surface area is 131 Å². The lowest BCUT2D eigenvalue weighted by molar-refractivity contribution is 0.0949. The van der Waals surface area contributed by atoms with Crippen molar-refractivity contribution in [2.24, 2.45) is 0 Å². The lowest BCUT2D eigenvalue weighted by atomic mass is 10.1. The Kier molecular flexibility index (Phi) is 3.81. The molecule has 0 aliphatic heterocycles. The number of nitrogens with two attached hydrogens (primary N) is 1. The molecule has 1 aromatic carbocycles. The van der Waals surface area contributed by atoms with E-state index >= 15 is 0 Å². The van der Waals surface area contributed by atoms with Gasteiger partial charge in [-0.25, -0.2) is 4.98 Å². The minimum Gasteiger partial charge on any atom is -0.375 e. The zero-order chi connectivity index (χ0) is 15.7. The fraction of sp³-hybridized carbons (Fsp3) is 0.267. The van der Waals surface area contributed by atoms with E-state index in [1.54, 1.807) is 12.1 Å². The second-order valence-corrected chi connectivity index (χ2v) is 6.36. The average molecular weight is 316 g/mol. The predicted molar refractivity (Wildman–Crippen MR) is 86.1 cm³/mol. The topological polar surface area (TPSA) is 97.1 Å². The molecule has 1 saturated carbocycles. The summed E-state index contributed by atoms with van der Waals surface area (Å²) >= 11 is 1.12. The summed E-state index contributed by atoms with van der Waals surface area (Å²) in [5.74, 6) is -0.392. The zero-order valence-electron chi connectivity index (χ0n) is 12.1. The number of benzene rings is 1. The summed E-state index contributed by atoms with van der Waals surface area (Å²) in [4.78, 5) is 28.5. The van der Waals surface area contributed by atoms with E-state index in [1.807, 2.05) is 13.0 Å². The first-order chi connectivity index (χ1) is 10.5. The molecule has 1 aromatic heterocycles. The molecule has 0 saturated heterocycles. The Balaban J connectivity index is 1.77. The van der Waals surface area contributed by atoms with Gasteiger partial charge in [0.1, 0.15) is 4.88 Å². The second-order valence-electron chi connectivity index (χ2n) is 5.29. The van der Waals surface area contributed by atoms with Crippen LogP contribution in [0.1, 0.15) is 38.4 Å². The predicted octanol–water partition coefficient (Wildman–Crippen LogP) is 2.18. The van der Waals surface area contributed by atoms with E-state index in [2.05, 4.69) is 15.6 Å². The third-order valence-corrected chi connectivity index (χ3v) is 4.23. The van der Waals surface area contributed by atoms with E-state index in [-0.39, 0.29) is 11.8 Å². The quantitative estimate of drug-likeness (QED) is 0.805. The summed E-state index contributed by atoms with van der Waals surface area (Å²) in [6.45, 7) is 1.87. The molecule has 0 radical (unpaired) electrons. The fourth-order valence-corrected chi connectivity index (χ4v) is 2.55. The van der Waals surface area contributed by atoms with Crippen LogP contribution in [0.5, 0.6) is 0 Å². The number of carbonyl (C=O) groups excluding carboxylic acids is 2. The van der Waals surface area contributed by atoms with Crippen molar-refractivity contribution in [2.45, 2.75) is 25.8 Å². The van der Waals surface area contributed by atoms with Gasteiger partial charge in [0.05, 0.1) is 6.20 Å². The Morgan fingerprint density at radius 3 is 2.73 bits per heavy atom. The first kappa shape index (κ1) is 14.5. The number of nitrogens with zero attached hydrogens (tertiary/aromatic N) is 1. The highest BCUT2D eigenvalue weighted by atomic mass is 32.1. The van der Waals surface area contributed by atoms with E-state index in [0.29, 0.717) is 27.3 Å². The molecule has 0 unspecified atom stereocenters. The number of thiazole rings is 1. The molecule has 1 heterocycles. The van der Waals surface area contributed by atoms with Crippen LogP contribution in [0.2, 0.25) is 0 Å². The molecule has 4 N–H and O–H groups in total. The number of carbonyl (C=O) groups is 2. The highest BCUT2D eigenvalue weighted by molar-refractivity contribution is 7.17. The molecule has 2 amide bonds. The average Bonchev–Trinajstić information content (AvgIpc) is 3.19. The maximum absolute atomic E-state index is 12.2. The van der Waals surface area contributed by atoms with Crippen LogP contribution in [0.15, 0.2) is 24.4 Å². The summed E-state index contributed by atoms with van der Waals surface area (Å²) in [7, 11) is 0. The van der Waals surface area contributed by atoms with Crippen molar-refractivity contribution < 1.29 is 9.59 Å². The molecular weight excluding hydrogens is 300 g/mol. The van der Waals surface area contributed by atoms with Gasteiger partial charge in [-0.3, -0.25) is 9.59 Å². The molecule has 1 aliphatic carbocycles. The molecule has 1 aliphatic rings. The largest absolute Gasteiger partial charge is 0.375 e. The van der Waals surface area contributed by atoms with Gasteiger partial charge in [-0.1, -0.05) is 17.4 Å². The van der Waals surface area contributed by atoms with E-state index in [4.69, 9.17) is 5.73 Å². The first-order valence-corrected chi connectivity index (χ1v) is 7.79. The van der Waals surface area contributed by atoms with E-state index < -0.39 is 0 Å². The van der Waals surface area contributed by atoms with Crippen LogP contribution in [-0.4, -0.2) is 22.8 Å². The molecular formula is C15H16N4O2S. The lowest BCUT2D eigenvalue weighted by Crippen LogP contribution is -2.25. The van der Waals surface area contributed by atoms with Crippen molar-refractivity contribution >= 4 is 34.0 Å². The lowest BCUT2D eigenvalue weighted by Gasteiger charge is -2.10. The maximum atomic E-state index is 12.2. The van der Waals surface area contributed by atoms with Gasteiger partial charge in [-0.15, -0.1) is 0 Å². The first-order valence-electron chi connectivity index (χ1n) is 6.97. The molecule has 22 heavy (non-hydrogen) atoms. The maximum Gasteiger partial charge on any atom is 0.267 e. The van der Waals surface area contributed by atoms with Gasteiger partial charge >= 0.3 is 0 Å². The summed E-state index contributed by atoms with van der Waals surface area (Å²) in [6, 6.07) is 5.56. The molecule has 0 spiro atoms. The summed E-state index contributed by atoms with van der Waals surface area (Å²) < 4.78 is 0. The fourth-order valence-electron chi connectivity index (χ4n) is 1.97. The third-order valence-electron chi connectivity index (χ3n) is 3.41. The highest BCUT2D eigenvalue weighted by Gasteiger charge is 2.24. The highest BCUT2D eigenvalue weighted by Crippen LogP contribution is 2.22. The number of anilines is 2. The molecule has 114 valence electrons. The SMILES string of the molecule is Cc1ccc(C(=O)NC2CC2)cc1NC(=O)c1cnc(N)s1. The number of amides is 2. The van der Waals surface area contributed by atoms with Crippen molar-refractivity contribution in [2.75, 3.05) is 11.1 Å². The Morgan fingerprint density at radius 2 is 2.09 bits per heavy atom. The molecule has 3 rings (SSSR count). The van der Waals surface area contributed by atoms with Gasteiger partial charge in [0.15, 0.2) is 5.13 Å². The van der Waals surface area contributed by atoms with Crippen LogP contribution in [0.4, 0.5) is 10.8 Å². The van der Waals surface area contributed by atoms with Crippen LogP contribution >= 0.6 is 11.3 Å². The normalized spacial score (nSPS) is 13.7. The number of hydrogen-bond donors (Lipinski definition) is 3. The summed E-state index contributed by atoms with van der Waals surface area (Å²) in [6.07, 6.45) is 3.51. The zero-order valence-corrected chi connectivity index (χ0v) is 12.9. The number of aromatic nitrogens is 1. The van der Waals surface area contributed by atoms with Gasteiger partial charge in [0.25, 0.3) is 11.8 Å². The van der Waals surface area contributed by atoms with Crippen LogP contribution in [0, 0.1) is 6.92 Å². The minimum absolute atomic E-state index is 0.111. The van der Waals surface area contributed by atoms with Gasteiger partial charge in [-0.2, -0.15) is 0 Å². The summed E-state index contributed by atoms with van der Waals surface area (Å²) in [5, 5.41) is 6.08. The molecule has 0 bridgehead atoms. The van der Waals surface area contributed by atoms with Crippen LogP contribution in [-0.2, 0) is 0 Å². The van der Waals surface area contributed by atoms with Crippen molar-refractivity contribution in [3.05, 3.63) is 40.4 Å². The van der Waals surface area contributed by atoms with Gasteiger partial charge in [0.2, 0.25) is 0 Å². The van der Waals surface area contributed by atoms with E-state index in [1.165, 1.54) is 6.20 Å². The van der Waals surface area contributed by atoms with E-state index in [0.717, 1.165) is 29.7 Å². The Morgan fingerprint density at radius 1 is 1.32 bits per heavy atom. The van der Waals surface area contributed by atoms with Crippen molar-refractivity contribution in [3.63, 3.8) is 0 Å². The Bertz CT molecular complexity index is 737. The monoisotopic (exact) mass is 316 g/mol. The van der Waals surface area contributed by atoms with Crippen LogP contribution < -0.4 is 16.4 Å². The molecule has 1 fully saturated rings. The van der Waals surface area contributed by atoms with Gasteiger partial charge in [-0.05, 0) is 37.5 Å². The third kappa shape index (κ3) is 3.25. The minimum atomic E-state index is -0.281. The number of rotatable bonds is 4. The van der Waals surface area contributed by atoms with Gasteiger partial charge < -0.3 is 16.4 Å². The standard InChI is InChI=1S/C15H16N4O2S/c1-8-2-3-9(13(20)18-10-4-5-10)6-11(8)19-14(21)12-7-17-15(16)22-12/h2-3,6-7,10H,4-5H2,1H3,(H2,16,17)(H,18,20)(H,19,21). The molecule has 7 heteroatoms.